The fourth-order valence-corrected chi connectivity index (χ4v) is 9.73. The van der Waals surface area contributed by atoms with Crippen molar-refractivity contribution in [2.24, 2.45) is 0 Å². The molecule has 4 heterocycles. The standard InChI is InChI=1S/C40H42N2O9Si/c1-4-40(51-39(46)50-24-26-11-6-5-7-12-26)31-22-32-35(36(43)30(31)25-49-38(40)45)42-23-29-27(13-8-14-28(29)21-34(42)41-32)16-20-52(2,3)19-10-18-48-37(44)33-15-9-17-47-33/h5-9,11-15,17,21,41H,4,10,16,18-20,22-25H2,1-3H3. The van der Waals surface area contributed by atoms with Crippen LogP contribution in [0.5, 0.6) is 0 Å². The smallest absolute Gasteiger partial charge is 0.460 e. The molecular weight excluding hydrogens is 681 g/mol. The largest absolute Gasteiger partial charge is 0.510 e. The van der Waals surface area contributed by atoms with Crippen LogP contribution in [0.1, 0.15) is 59.0 Å². The molecule has 1 atom stereocenters. The molecule has 3 aromatic rings. The van der Waals surface area contributed by atoms with E-state index < -0.39 is 31.8 Å². The predicted octanol–water partition coefficient (Wildman–Crippen LogP) is 7.03. The lowest BCUT2D eigenvalue weighted by Gasteiger charge is -2.39. The Bertz CT molecular complexity index is 2000. The van der Waals surface area contributed by atoms with E-state index in [1.165, 1.54) is 17.4 Å². The zero-order valence-corrected chi connectivity index (χ0v) is 30.6. The number of aryl methyl sites for hydroxylation is 1. The van der Waals surface area contributed by atoms with Crippen LogP contribution in [0, 0.1) is 0 Å². The number of ketones is 1. The van der Waals surface area contributed by atoms with Crippen molar-refractivity contribution < 1.29 is 42.5 Å². The summed E-state index contributed by atoms with van der Waals surface area (Å²) in [6.45, 7) is 7.12. The van der Waals surface area contributed by atoms with E-state index in [0.29, 0.717) is 35.7 Å². The van der Waals surface area contributed by atoms with Gasteiger partial charge >= 0.3 is 18.1 Å². The molecule has 0 fully saturated rings. The predicted molar refractivity (Wildman–Crippen MR) is 193 cm³/mol. The minimum absolute atomic E-state index is 0.0220. The summed E-state index contributed by atoms with van der Waals surface area (Å²) in [5.74, 6) is -0.392. The zero-order valence-electron chi connectivity index (χ0n) is 29.6. The maximum absolute atomic E-state index is 14.3. The van der Waals surface area contributed by atoms with Gasteiger partial charge in [-0.25, -0.2) is 14.4 Å². The summed E-state index contributed by atoms with van der Waals surface area (Å²) in [6, 6.07) is 20.8. The Morgan fingerprint density at radius 1 is 1.00 bits per heavy atom. The topological polar surface area (TPSA) is 134 Å². The Labute approximate surface area is 303 Å². The van der Waals surface area contributed by atoms with Crippen LogP contribution in [0.3, 0.4) is 0 Å². The van der Waals surface area contributed by atoms with Crippen molar-refractivity contribution in [1.29, 1.82) is 0 Å². The number of allylic oxidation sites excluding steroid dienone is 2. The number of rotatable bonds is 12. The molecule has 0 bridgehead atoms. The average Bonchev–Trinajstić information content (AvgIpc) is 3.81. The number of ether oxygens (including phenoxy) is 4. The minimum atomic E-state index is -1.78. The van der Waals surface area contributed by atoms with Crippen LogP contribution in [-0.4, -0.2) is 55.7 Å². The van der Waals surface area contributed by atoms with Gasteiger partial charge in [-0.2, -0.15) is 0 Å². The van der Waals surface area contributed by atoms with Gasteiger partial charge in [0.2, 0.25) is 17.1 Å². The molecule has 7 rings (SSSR count). The van der Waals surface area contributed by atoms with Crippen molar-refractivity contribution in [3.63, 3.8) is 0 Å². The molecular formula is C40H42N2O9Si. The number of fused-ring (bicyclic) bond motifs is 3. The van der Waals surface area contributed by atoms with Gasteiger partial charge in [0.15, 0.2) is 0 Å². The van der Waals surface area contributed by atoms with Crippen LogP contribution in [-0.2, 0) is 48.1 Å². The van der Waals surface area contributed by atoms with Crippen molar-refractivity contribution in [3.05, 3.63) is 123 Å². The van der Waals surface area contributed by atoms with E-state index in [4.69, 9.17) is 23.4 Å². The number of hydrogen-bond donors (Lipinski definition) is 1. The SMILES string of the molecule is CCC1(OC(=O)OCc2ccccc2)C(=O)OCC2=C1CC1=C(C2=O)N2Cc3c(cccc3CC[Si](C)(C)CCCOC(=O)c3ccco3)C=C2N1. The minimum Gasteiger partial charge on any atom is -0.460 e. The highest BCUT2D eigenvalue weighted by Crippen LogP contribution is 2.46. The molecule has 0 saturated heterocycles. The highest BCUT2D eigenvalue weighted by Gasteiger charge is 2.55. The quantitative estimate of drug-likeness (QED) is 0.0894. The van der Waals surface area contributed by atoms with Crippen molar-refractivity contribution in [2.75, 3.05) is 13.2 Å². The van der Waals surface area contributed by atoms with Crippen LogP contribution in [0.15, 0.2) is 99.7 Å². The van der Waals surface area contributed by atoms with Gasteiger partial charge in [-0.15, -0.1) is 0 Å². The fourth-order valence-electron chi connectivity index (χ4n) is 7.43. The molecule has 3 aliphatic heterocycles. The van der Waals surface area contributed by atoms with Crippen LogP contribution >= 0.6 is 0 Å². The first-order chi connectivity index (χ1) is 25.1. The first kappa shape index (κ1) is 35.1. The summed E-state index contributed by atoms with van der Waals surface area (Å²) in [7, 11) is -1.62. The molecule has 1 aromatic heterocycles. The summed E-state index contributed by atoms with van der Waals surface area (Å²) in [4.78, 5) is 54.7. The molecule has 0 spiro atoms. The average molecular weight is 723 g/mol. The van der Waals surface area contributed by atoms with Gasteiger partial charge < -0.3 is 33.6 Å². The lowest BCUT2D eigenvalue weighted by Crippen LogP contribution is -2.51. The summed E-state index contributed by atoms with van der Waals surface area (Å²) < 4.78 is 27.2. The van der Waals surface area contributed by atoms with Crippen molar-refractivity contribution in [1.82, 2.24) is 10.2 Å². The number of hydrogen-bond acceptors (Lipinski definition) is 11. The number of esters is 2. The summed E-state index contributed by atoms with van der Waals surface area (Å²) in [5.41, 5.74) is 4.47. The Morgan fingerprint density at radius 2 is 1.83 bits per heavy atom. The van der Waals surface area contributed by atoms with Gasteiger partial charge in [0.1, 0.15) is 24.7 Å². The van der Waals surface area contributed by atoms with E-state index in [1.54, 1.807) is 19.1 Å². The first-order valence-electron chi connectivity index (χ1n) is 17.7. The van der Waals surface area contributed by atoms with E-state index in [-0.39, 0.29) is 37.6 Å². The molecule has 2 aromatic carbocycles. The molecule has 0 amide bonds. The number of nitrogens with one attached hydrogen (secondary N) is 1. The molecule has 12 heteroatoms. The Kier molecular flexibility index (Phi) is 9.67. The van der Waals surface area contributed by atoms with Gasteiger partial charge in [-0.3, -0.25) is 4.79 Å². The number of nitrogens with zero attached hydrogens (tertiary/aromatic N) is 1. The van der Waals surface area contributed by atoms with E-state index >= 15 is 0 Å². The number of benzene rings is 2. The second-order valence-corrected chi connectivity index (χ2v) is 19.6. The first-order valence-corrected chi connectivity index (χ1v) is 21.1. The molecule has 270 valence electrons. The van der Waals surface area contributed by atoms with Crippen LogP contribution in [0.4, 0.5) is 4.79 Å². The zero-order chi connectivity index (χ0) is 36.5. The lowest BCUT2D eigenvalue weighted by atomic mass is 9.78. The summed E-state index contributed by atoms with van der Waals surface area (Å²) in [5, 5.41) is 3.45. The fraction of sp³-hybridized carbons (Fsp3) is 0.350. The molecule has 4 aliphatic rings. The monoisotopic (exact) mass is 722 g/mol. The van der Waals surface area contributed by atoms with E-state index in [0.717, 1.165) is 41.9 Å². The maximum Gasteiger partial charge on any atom is 0.510 e. The van der Waals surface area contributed by atoms with Crippen molar-refractivity contribution in [3.8, 4) is 0 Å². The van der Waals surface area contributed by atoms with Gasteiger partial charge in [-0.1, -0.05) is 80.6 Å². The Hall–Kier alpha value is -5.36. The molecule has 1 aliphatic carbocycles. The normalized spacial score (nSPS) is 19.1. The van der Waals surface area contributed by atoms with E-state index in [2.05, 4.69) is 42.7 Å². The number of Topliss-reactive ketones (excluding diaryl/α,β-unsaturated/α-hetero) is 1. The highest BCUT2D eigenvalue weighted by atomic mass is 28.3. The second-order valence-electron chi connectivity index (χ2n) is 14.3. The van der Waals surface area contributed by atoms with Crippen LogP contribution < -0.4 is 5.32 Å². The number of carbonyl (C=O) groups excluding carboxylic acids is 4. The molecule has 1 unspecified atom stereocenters. The third kappa shape index (κ3) is 6.82. The maximum atomic E-state index is 14.3. The molecule has 1 N–H and O–H groups in total. The van der Waals surface area contributed by atoms with Gasteiger partial charge in [-0.05, 0) is 59.7 Å². The number of carbonyl (C=O) groups is 4. The van der Waals surface area contributed by atoms with Gasteiger partial charge in [0.05, 0.1) is 19.4 Å². The molecule has 11 nitrogen and oxygen atoms in total. The number of furan rings is 1. The third-order valence-electron chi connectivity index (χ3n) is 10.4. The van der Waals surface area contributed by atoms with Gasteiger partial charge in [0, 0.05) is 31.3 Å². The van der Waals surface area contributed by atoms with Crippen molar-refractivity contribution in [2.45, 2.75) is 76.5 Å². The molecule has 52 heavy (non-hydrogen) atoms. The second kappa shape index (κ2) is 14.3. The van der Waals surface area contributed by atoms with E-state index in [9.17, 15) is 19.2 Å². The molecule has 0 radical (unpaired) electrons. The van der Waals surface area contributed by atoms with Crippen LogP contribution in [0.2, 0.25) is 25.2 Å². The Morgan fingerprint density at radius 3 is 2.60 bits per heavy atom. The Balaban J connectivity index is 1.03. The van der Waals surface area contributed by atoms with Crippen LogP contribution in [0.25, 0.3) is 6.08 Å². The van der Waals surface area contributed by atoms with Crippen molar-refractivity contribution >= 4 is 38.0 Å². The highest BCUT2D eigenvalue weighted by molar-refractivity contribution is 6.77. The molecule has 0 saturated carbocycles. The third-order valence-corrected chi connectivity index (χ3v) is 13.7. The lowest BCUT2D eigenvalue weighted by molar-refractivity contribution is -0.166. The summed E-state index contributed by atoms with van der Waals surface area (Å²) in [6.07, 6.45) is 4.52. The van der Waals surface area contributed by atoms with E-state index in [1.807, 2.05) is 35.2 Å². The number of cyclic esters (lactones) is 1. The van der Waals surface area contributed by atoms with Gasteiger partial charge in [0.25, 0.3) is 0 Å². The summed E-state index contributed by atoms with van der Waals surface area (Å²) >= 11 is 0.